The standard InChI is InChI=1S/C26H20Cl2N2O4/c1-15-3-9-21(11-16(15)2)30-25(32)22(24(31)29-26(30)33)13-18-12-20(28)8-10-23(18)34-14-17-4-6-19(27)7-5-17/h3-13H,14H2,1-2H3,(H,29,31,33)/b22-13+. The van der Waals surface area contributed by atoms with Gasteiger partial charge in [-0.25, -0.2) is 9.69 Å². The zero-order valence-corrected chi connectivity index (χ0v) is 19.9. The smallest absolute Gasteiger partial charge is 0.335 e. The lowest BCUT2D eigenvalue weighted by atomic mass is 10.0. The first-order valence-electron chi connectivity index (χ1n) is 10.4. The Kier molecular flexibility index (Phi) is 6.72. The van der Waals surface area contributed by atoms with Crippen LogP contribution in [0.3, 0.4) is 0 Å². The van der Waals surface area contributed by atoms with Crippen molar-refractivity contribution in [2.24, 2.45) is 0 Å². The molecule has 4 amide bonds. The van der Waals surface area contributed by atoms with Crippen molar-refractivity contribution in [3.63, 3.8) is 0 Å². The Morgan fingerprint density at radius 1 is 0.882 bits per heavy atom. The molecule has 0 radical (unpaired) electrons. The van der Waals surface area contributed by atoms with Gasteiger partial charge in [-0.2, -0.15) is 0 Å². The maximum absolute atomic E-state index is 13.2. The summed E-state index contributed by atoms with van der Waals surface area (Å²) in [4.78, 5) is 39.3. The number of carbonyl (C=O) groups excluding carboxylic acids is 3. The monoisotopic (exact) mass is 494 g/mol. The van der Waals surface area contributed by atoms with Gasteiger partial charge in [0, 0.05) is 15.6 Å². The van der Waals surface area contributed by atoms with Crippen molar-refractivity contribution in [2.45, 2.75) is 20.5 Å². The third-order valence-corrected chi connectivity index (χ3v) is 5.92. The molecule has 1 saturated heterocycles. The van der Waals surface area contributed by atoms with Gasteiger partial charge >= 0.3 is 6.03 Å². The van der Waals surface area contributed by atoms with Crippen LogP contribution in [0.15, 0.2) is 66.2 Å². The zero-order valence-electron chi connectivity index (χ0n) is 18.4. The second-order valence-corrected chi connectivity index (χ2v) is 8.70. The molecule has 3 aromatic carbocycles. The SMILES string of the molecule is Cc1ccc(N2C(=O)NC(=O)/C(=C\c3cc(Cl)ccc3OCc3ccc(Cl)cc3)C2=O)cc1C. The summed E-state index contributed by atoms with van der Waals surface area (Å²) in [6.45, 7) is 4.04. The average molecular weight is 495 g/mol. The summed E-state index contributed by atoms with van der Waals surface area (Å²) >= 11 is 12.1. The van der Waals surface area contributed by atoms with Gasteiger partial charge in [0.1, 0.15) is 17.9 Å². The van der Waals surface area contributed by atoms with E-state index in [1.807, 2.05) is 32.0 Å². The highest BCUT2D eigenvalue weighted by Gasteiger charge is 2.37. The first kappa shape index (κ1) is 23.5. The molecule has 0 unspecified atom stereocenters. The fraction of sp³-hybridized carbons (Fsp3) is 0.115. The summed E-state index contributed by atoms with van der Waals surface area (Å²) in [6.07, 6.45) is 1.38. The number of anilines is 1. The van der Waals surface area contributed by atoms with E-state index in [9.17, 15) is 14.4 Å². The number of nitrogens with one attached hydrogen (secondary N) is 1. The molecule has 6 nitrogen and oxygen atoms in total. The minimum atomic E-state index is -0.805. The van der Waals surface area contributed by atoms with Crippen LogP contribution in [0.2, 0.25) is 10.0 Å². The van der Waals surface area contributed by atoms with Crippen LogP contribution >= 0.6 is 23.2 Å². The molecule has 0 bridgehead atoms. The predicted octanol–water partition coefficient (Wildman–Crippen LogP) is 5.86. The van der Waals surface area contributed by atoms with E-state index in [1.165, 1.54) is 6.08 Å². The van der Waals surface area contributed by atoms with E-state index >= 15 is 0 Å². The normalized spacial score (nSPS) is 15.0. The van der Waals surface area contributed by atoms with Gasteiger partial charge in [0.15, 0.2) is 0 Å². The number of nitrogens with zero attached hydrogens (tertiary/aromatic N) is 1. The number of carbonyl (C=O) groups is 3. The lowest BCUT2D eigenvalue weighted by molar-refractivity contribution is -0.122. The van der Waals surface area contributed by atoms with Crippen LogP contribution < -0.4 is 15.0 Å². The number of barbiturate groups is 1. The van der Waals surface area contributed by atoms with Crippen LogP contribution in [0.5, 0.6) is 5.75 Å². The van der Waals surface area contributed by atoms with Crippen molar-refractivity contribution in [1.82, 2.24) is 5.32 Å². The minimum absolute atomic E-state index is 0.212. The summed E-state index contributed by atoms with van der Waals surface area (Å²) in [6, 6.07) is 16.5. The van der Waals surface area contributed by atoms with E-state index in [1.54, 1.807) is 42.5 Å². The topological polar surface area (TPSA) is 75.7 Å². The van der Waals surface area contributed by atoms with E-state index in [0.717, 1.165) is 21.6 Å². The van der Waals surface area contributed by atoms with Crippen molar-refractivity contribution in [1.29, 1.82) is 0 Å². The summed E-state index contributed by atoms with van der Waals surface area (Å²) in [5, 5.41) is 3.25. The number of imide groups is 2. The van der Waals surface area contributed by atoms with Gasteiger partial charge < -0.3 is 4.74 Å². The van der Waals surface area contributed by atoms with Gasteiger partial charge in [-0.15, -0.1) is 0 Å². The number of ether oxygens (including phenoxy) is 1. The highest BCUT2D eigenvalue weighted by molar-refractivity contribution is 6.39. The molecule has 172 valence electrons. The molecule has 1 fully saturated rings. The molecule has 0 aliphatic carbocycles. The molecule has 0 atom stereocenters. The maximum atomic E-state index is 13.2. The maximum Gasteiger partial charge on any atom is 0.335 e. The average Bonchev–Trinajstić information content (AvgIpc) is 2.79. The molecule has 3 aromatic rings. The number of benzene rings is 3. The lowest BCUT2D eigenvalue weighted by Gasteiger charge is -2.27. The van der Waals surface area contributed by atoms with Gasteiger partial charge in [-0.1, -0.05) is 41.4 Å². The zero-order chi connectivity index (χ0) is 24.4. The first-order chi connectivity index (χ1) is 16.2. The Labute approximate surface area is 206 Å². The fourth-order valence-electron chi connectivity index (χ4n) is 3.42. The molecule has 34 heavy (non-hydrogen) atoms. The van der Waals surface area contributed by atoms with Crippen molar-refractivity contribution in [3.05, 3.63) is 98.5 Å². The van der Waals surface area contributed by atoms with Gasteiger partial charge in [0.25, 0.3) is 11.8 Å². The predicted molar refractivity (Wildman–Crippen MR) is 132 cm³/mol. The van der Waals surface area contributed by atoms with Crippen LogP contribution in [0.1, 0.15) is 22.3 Å². The molecular weight excluding hydrogens is 475 g/mol. The highest BCUT2D eigenvalue weighted by atomic mass is 35.5. The van der Waals surface area contributed by atoms with Crippen LogP contribution in [0, 0.1) is 13.8 Å². The van der Waals surface area contributed by atoms with E-state index in [0.29, 0.717) is 27.0 Å². The van der Waals surface area contributed by atoms with E-state index in [4.69, 9.17) is 27.9 Å². The second kappa shape index (κ2) is 9.71. The number of hydrogen-bond donors (Lipinski definition) is 1. The van der Waals surface area contributed by atoms with Crippen LogP contribution in [0.4, 0.5) is 10.5 Å². The Bertz CT molecular complexity index is 1330. The number of hydrogen-bond acceptors (Lipinski definition) is 4. The number of amides is 4. The molecule has 1 aliphatic rings. The van der Waals surface area contributed by atoms with E-state index in [2.05, 4.69) is 5.32 Å². The second-order valence-electron chi connectivity index (χ2n) is 7.82. The van der Waals surface area contributed by atoms with Crippen molar-refractivity contribution in [2.75, 3.05) is 4.90 Å². The molecule has 1 heterocycles. The molecule has 8 heteroatoms. The number of halogens is 2. The molecule has 1 N–H and O–H groups in total. The summed E-state index contributed by atoms with van der Waals surface area (Å²) in [5.74, 6) is -1.11. The molecule has 4 rings (SSSR count). The van der Waals surface area contributed by atoms with Gasteiger partial charge in [0.2, 0.25) is 0 Å². The summed E-state index contributed by atoms with van der Waals surface area (Å²) in [7, 11) is 0. The third-order valence-electron chi connectivity index (χ3n) is 5.43. The van der Waals surface area contributed by atoms with Crippen molar-refractivity contribution >= 4 is 52.8 Å². The van der Waals surface area contributed by atoms with Crippen LogP contribution in [-0.2, 0) is 16.2 Å². The Hall–Kier alpha value is -3.61. The first-order valence-corrected chi connectivity index (χ1v) is 11.1. The Morgan fingerprint density at radius 3 is 2.29 bits per heavy atom. The van der Waals surface area contributed by atoms with Crippen molar-refractivity contribution in [3.8, 4) is 5.75 Å². The van der Waals surface area contributed by atoms with Crippen molar-refractivity contribution < 1.29 is 19.1 Å². The number of urea groups is 1. The number of aryl methyl sites for hydroxylation is 2. The van der Waals surface area contributed by atoms with E-state index < -0.39 is 17.8 Å². The molecule has 0 spiro atoms. The molecule has 1 aliphatic heterocycles. The number of rotatable bonds is 5. The summed E-state index contributed by atoms with van der Waals surface area (Å²) < 4.78 is 5.92. The van der Waals surface area contributed by atoms with E-state index in [-0.39, 0.29) is 12.2 Å². The largest absolute Gasteiger partial charge is 0.488 e. The molecule has 0 saturated carbocycles. The van der Waals surface area contributed by atoms with Crippen LogP contribution in [-0.4, -0.2) is 17.8 Å². The van der Waals surface area contributed by atoms with Gasteiger partial charge in [0.05, 0.1) is 5.69 Å². The van der Waals surface area contributed by atoms with Gasteiger partial charge in [-0.05, 0) is 79.1 Å². The summed E-state index contributed by atoms with van der Waals surface area (Å²) in [5.41, 5.74) is 3.39. The fourth-order valence-corrected chi connectivity index (χ4v) is 3.72. The highest BCUT2D eigenvalue weighted by Crippen LogP contribution is 2.29. The van der Waals surface area contributed by atoms with Crippen LogP contribution in [0.25, 0.3) is 6.08 Å². The molecule has 0 aromatic heterocycles. The third kappa shape index (κ3) is 4.98. The van der Waals surface area contributed by atoms with Gasteiger partial charge in [-0.3, -0.25) is 14.9 Å². The Morgan fingerprint density at radius 2 is 1.59 bits per heavy atom. The molecular formula is C26H20Cl2N2O4. The lowest BCUT2D eigenvalue weighted by Crippen LogP contribution is -2.54. The Balaban J connectivity index is 1.67. The minimum Gasteiger partial charge on any atom is -0.488 e. The quantitative estimate of drug-likeness (QED) is 0.356.